The van der Waals surface area contributed by atoms with E-state index in [1.54, 1.807) is 13.0 Å². The van der Waals surface area contributed by atoms with Gasteiger partial charge in [-0.1, -0.05) is 31.4 Å². The third-order valence-electron chi connectivity index (χ3n) is 8.65. The van der Waals surface area contributed by atoms with E-state index in [2.05, 4.69) is 13.2 Å². The summed E-state index contributed by atoms with van der Waals surface area (Å²) >= 11 is 0. The van der Waals surface area contributed by atoms with Gasteiger partial charge in [-0.3, -0.25) is 14.4 Å². The number of fused-ring (bicyclic) bond motifs is 1. The smallest absolute Gasteiger partial charge is 0.312 e. The number of esters is 1. The number of rotatable bonds is 12. The molecule has 36 heavy (non-hydrogen) atoms. The number of hydrogen-bond donors (Lipinski definition) is 1. The number of ether oxygens (including phenoxy) is 2. The standard InChI is InChI=1S/C28H42N2O6/c1-4-6-7-11-17-35-27(34)22-21-14-15-28(36-21)23(22)25(32)30(19(3)18-31)24(28)26(33)29(16-5-2)20-12-9-8-10-13-20/h4-5,19-24,31H,1-2,6-18H2,3H3/t19-,21-,22+,23+,24?,28?/m1/s1. The van der Waals surface area contributed by atoms with Crippen molar-refractivity contribution in [3.05, 3.63) is 25.3 Å². The lowest BCUT2D eigenvalue weighted by atomic mass is 9.70. The number of amides is 2. The maximum atomic E-state index is 14.3. The average molecular weight is 503 g/mol. The van der Waals surface area contributed by atoms with Gasteiger partial charge in [-0.25, -0.2) is 0 Å². The molecule has 0 aromatic rings. The van der Waals surface area contributed by atoms with Gasteiger partial charge in [0.05, 0.1) is 37.2 Å². The van der Waals surface area contributed by atoms with Gasteiger partial charge in [0.15, 0.2) is 0 Å². The molecule has 8 heteroatoms. The van der Waals surface area contributed by atoms with Crippen molar-refractivity contribution < 1.29 is 29.0 Å². The number of likely N-dealkylation sites (tertiary alicyclic amines) is 1. The maximum Gasteiger partial charge on any atom is 0.312 e. The molecule has 4 aliphatic rings. The first-order valence-corrected chi connectivity index (χ1v) is 13.7. The van der Waals surface area contributed by atoms with Gasteiger partial charge >= 0.3 is 5.97 Å². The van der Waals surface area contributed by atoms with Gasteiger partial charge in [0.2, 0.25) is 11.8 Å². The lowest BCUT2D eigenvalue weighted by Gasteiger charge is -2.41. The molecule has 1 N–H and O–H groups in total. The number of carbonyl (C=O) groups excluding carboxylic acids is 3. The molecule has 3 saturated heterocycles. The van der Waals surface area contributed by atoms with E-state index in [4.69, 9.17) is 9.47 Å². The molecule has 200 valence electrons. The van der Waals surface area contributed by atoms with Crippen LogP contribution in [0.2, 0.25) is 0 Å². The molecule has 0 aromatic heterocycles. The highest BCUT2D eigenvalue weighted by Crippen LogP contribution is 2.59. The van der Waals surface area contributed by atoms with Crippen molar-refractivity contribution in [1.29, 1.82) is 0 Å². The van der Waals surface area contributed by atoms with Gasteiger partial charge in [0, 0.05) is 12.6 Å². The molecule has 3 aliphatic heterocycles. The Balaban J connectivity index is 1.62. The van der Waals surface area contributed by atoms with Gasteiger partial charge in [-0.2, -0.15) is 0 Å². The number of hydrogen-bond acceptors (Lipinski definition) is 6. The van der Waals surface area contributed by atoms with E-state index in [-0.39, 0.29) is 31.1 Å². The normalized spacial score (nSPS) is 32.3. The Morgan fingerprint density at radius 2 is 1.97 bits per heavy atom. The van der Waals surface area contributed by atoms with Crippen molar-refractivity contribution in [2.75, 3.05) is 19.8 Å². The van der Waals surface area contributed by atoms with Crippen molar-refractivity contribution in [2.24, 2.45) is 11.8 Å². The second-order valence-electron chi connectivity index (χ2n) is 10.9. The number of aliphatic hydroxyl groups excluding tert-OH is 1. The van der Waals surface area contributed by atoms with Crippen LogP contribution in [0.15, 0.2) is 25.3 Å². The van der Waals surface area contributed by atoms with E-state index in [0.717, 1.165) is 51.4 Å². The van der Waals surface area contributed by atoms with E-state index < -0.39 is 41.6 Å². The molecule has 0 radical (unpaired) electrons. The quantitative estimate of drug-likeness (QED) is 0.250. The summed E-state index contributed by atoms with van der Waals surface area (Å²) in [6, 6.07) is -1.34. The van der Waals surface area contributed by atoms with Crippen LogP contribution in [0.1, 0.15) is 71.1 Å². The van der Waals surface area contributed by atoms with Crippen molar-refractivity contribution in [2.45, 2.75) is 101 Å². The Kier molecular flexibility index (Phi) is 8.56. The molecule has 8 nitrogen and oxygen atoms in total. The molecule has 1 saturated carbocycles. The summed E-state index contributed by atoms with van der Waals surface area (Å²) in [4.78, 5) is 44.8. The Bertz CT molecular complexity index is 855. The fourth-order valence-corrected chi connectivity index (χ4v) is 6.97. The Morgan fingerprint density at radius 3 is 2.64 bits per heavy atom. The third kappa shape index (κ3) is 4.62. The summed E-state index contributed by atoms with van der Waals surface area (Å²) in [5.74, 6) is -2.35. The first-order valence-electron chi connectivity index (χ1n) is 13.7. The van der Waals surface area contributed by atoms with E-state index in [9.17, 15) is 19.5 Å². The largest absolute Gasteiger partial charge is 0.465 e. The maximum absolute atomic E-state index is 14.3. The van der Waals surface area contributed by atoms with Crippen LogP contribution in [0, 0.1) is 11.8 Å². The molecule has 0 aromatic carbocycles. The Hall–Kier alpha value is -2.19. The summed E-state index contributed by atoms with van der Waals surface area (Å²) in [6.07, 6.45) is 11.9. The van der Waals surface area contributed by atoms with Crippen molar-refractivity contribution in [1.82, 2.24) is 9.80 Å². The minimum absolute atomic E-state index is 0.0935. The Labute approximate surface area is 214 Å². The van der Waals surface area contributed by atoms with Crippen LogP contribution in [-0.2, 0) is 23.9 Å². The zero-order chi connectivity index (χ0) is 25.9. The van der Waals surface area contributed by atoms with Crippen molar-refractivity contribution in [3.8, 4) is 0 Å². The SMILES string of the molecule is C=CCCCCOC(=O)[C@@H]1[C@H]2C(=O)N([C@H](C)CO)C(C(=O)N(CC=C)C3CCCCC3)C23CC[C@H]1O3. The summed E-state index contributed by atoms with van der Waals surface area (Å²) in [6.45, 7) is 9.74. The van der Waals surface area contributed by atoms with Gasteiger partial charge in [-0.05, 0) is 51.9 Å². The summed E-state index contributed by atoms with van der Waals surface area (Å²) in [5, 5.41) is 10.0. The number of nitrogens with zero attached hydrogens (tertiary/aromatic N) is 2. The van der Waals surface area contributed by atoms with Crippen LogP contribution in [0.4, 0.5) is 0 Å². The van der Waals surface area contributed by atoms with E-state index in [0.29, 0.717) is 19.4 Å². The fraction of sp³-hybridized carbons (Fsp3) is 0.750. The Morgan fingerprint density at radius 1 is 1.22 bits per heavy atom. The minimum Gasteiger partial charge on any atom is -0.465 e. The van der Waals surface area contributed by atoms with Crippen LogP contribution < -0.4 is 0 Å². The van der Waals surface area contributed by atoms with Crippen LogP contribution in [-0.4, -0.2) is 82.3 Å². The highest BCUT2D eigenvalue weighted by atomic mass is 16.6. The van der Waals surface area contributed by atoms with Crippen LogP contribution in [0.5, 0.6) is 0 Å². The molecular formula is C28H42N2O6. The van der Waals surface area contributed by atoms with Crippen LogP contribution in [0.3, 0.4) is 0 Å². The fourth-order valence-electron chi connectivity index (χ4n) is 6.97. The second-order valence-corrected chi connectivity index (χ2v) is 10.9. The lowest BCUT2D eigenvalue weighted by molar-refractivity contribution is -0.157. The molecule has 6 atom stereocenters. The second kappa shape index (κ2) is 11.5. The molecule has 2 bridgehead atoms. The van der Waals surface area contributed by atoms with Crippen LogP contribution >= 0.6 is 0 Å². The molecule has 1 aliphatic carbocycles. The summed E-state index contributed by atoms with van der Waals surface area (Å²) in [7, 11) is 0. The highest BCUT2D eigenvalue weighted by molar-refractivity contribution is 5.98. The summed E-state index contributed by atoms with van der Waals surface area (Å²) in [5.41, 5.74) is -1.07. The van der Waals surface area contributed by atoms with E-state index >= 15 is 0 Å². The number of unbranched alkanes of at least 4 members (excludes halogenated alkanes) is 2. The number of carbonyl (C=O) groups is 3. The van der Waals surface area contributed by atoms with Crippen molar-refractivity contribution >= 4 is 17.8 Å². The van der Waals surface area contributed by atoms with Gasteiger partial charge in [0.25, 0.3) is 0 Å². The van der Waals surface area contributed by atoms with E-state index in [1.807, 2.05) is 11.0 Å². The van der Waals surface area contributed by atoms with Gasteiger partial charge in [-0.15, -0.1) is 13.2 Å². The average Bonchev–Trinajstić information content (AvgIpc) is 3.54. The number of allylic oxidation sites excluding steroid dienone is 1. The topological polar surface area (TPSA) is 96.4 Å². The molecule has 1 spiro atoms. The monoisotopic (exact) mass is 502 g/mol. The summed E-state index contributed by atoms with van der Waals surface area (Å²) < 4.78 is 12.1. The predicted octanol–water partition coefficient (Wildman–Crippen LogP) is 2.99. The zero-order valence-electron chi connectivity index (χ0n) is 21.6. The highest BCUT2D eigenvalue weighted by Gasteiger charge is 2.75. The molecule has 4 fully saturated rings. The first kappa shape index (κ1) is 26.9. The van der Waals surface area contributed by atoms with Gasteiger partial charge in [0.1, 0.15) is 11.6 Å². The first-order chi connectivity index (χ1) is 17.4. The predicted molar refractivity (Wildman–Crippen MR) is 135 cm³/mol. The van der Waals surface area contributed by atoms with Crippen LogP contribution in [0.25, 0.3) is 0 Å². The molecule has 2 unspecified atom stereocenters. The molecule has 2 amide bonds. The third-order valence-corrected chi connectivity index (χ3v) is 8.65. The zero-order valence-corrected chi connectivity index (χ0v) is 21.6. The van der Waals surface area contributed by atoms with Gasteiger partial charge < -0.3 is 24.4 Å². The van der Waals surface area contributed by atoms with E-state index in [1.165, 1.54) is 4.90 Å². The minimum atomic E-state index is -1.07. The molecule has 4 rings (SSSR count). The molecule has 3 heterocycles. The lowest BCUT2D eigenvalue weighted by Crippen LogP contribution is -2.60. The van der Waals surface area contributed by atoms with Crippen molar-refractivity contribution in [3.63, 3.8) is 0 Å². The molecular weight excluding hydrogens is 460 g/mol. The number of aliphatic hydroxyl groups is 1.